The van der Waals surface area contributed by atoms with Crippen molar-refractivity contribution in [1.29, 1.82) is 0 Å². The zero-order valence-electron chi connectivity index (χ0n) is 20.3. The molecule has 2 amide bonds. The van der Waals surface area contributed by atoms with Crippen molar-refractivity contribution in [2.24, 2.45) is 5.41 Å². The number of aryl methyl sites for hydroxylation is 1. The number of hydrogen-bond acceptors (Lipinski definition) is 5. The minimum atomic E-state index is -0.453. The number of nitrogens with one attached hydrogen (secondary N) is 2. The molecule has 35 heavy (non-hydrogen) atoms. The Kier molecular flexibility index (Phi) is 7.57. The highest BCUT2D eigenvalue weighted by molar-refractivity contribution is 8.00. The van der Waals surface area contributed by atoms with E-state index in [9.17, 15) is 9.59 Å². The van der Waals surface area contributed by atoms with Gasteiger partial charge in [0.2, 0.25) is 11.8 Å². The maximum atomic E-state index is 13.4. The molecule has 180 valence electrons. The molecule has 0 spiro atoms. The van der Waals surface area contributed by atoms with E-state index in [2.05, 4.69) is 21.7 Å². The molecule has 0 saturated heterocycles. The molecule has 0 aliphatic carbocycles. The van der Waals surface area contributed by atoms with Gasteiger partial charge in [-0.3, -0.25) is 9.59 Å². The number of hydrogen-bond donors (Lipinski definition) is 2. The molecule has 1 heterocycles. The van der Waals surface area contributed by atoms with Crippen LogP contribution in [-0.2, 0) is 9.59 Å². The summed E-state index contributed by atoms with van der Waals surface area (Å²) in [4.78, 5) is 31.1. The van der Waals surface area contributed by atoms with Crippen molar-refractivity contribution in [3.05, 3.63) is 83.9 Å². The molecule has 5 nitrogen and oxygen atoms in total. The highest BCUT2D eigenvalue weighted by Crippen LogP contribution is 2.37. The second-order valence-electron chi connectivity index (χ2n) is 9.70. The van der Waals surface area contributed by atoms with Gasteiger partial charge in [0.1, 0.15) is 5.25 Å². The molecule has 1 atom stereocenters. The molecule has 0 bridgehead atoms. The summed E-state index contributed by atoms with van der Waals surface area (Å²) in [5, 5.41) is 6.11. The Morgan fingerprint density at radius 2 is 1.69 bits per heavy atom. The van der Waals surface area contributed by atoms with Gasteiger partial charge in [-0.1, -0.05) is 68.5 Å². The number of carbonyl (C=O) groups excluding carboxylic acids is 2. The fraction of sp³-hybridized carbons (Fsp3) is 0.250. The zero-order valence-corrected chi connectivity index (χ0v) is 21.9. The molecule has 1 unspecified atom stereocenters. The first-order chi connectivity index (χ1) is 16.7. The number of thiazole rings is 1. The van der Waals surface area contributed by atoms with Gasteiger partial charge >= 0.3 is 0 Å². The molecule has 1 aromatic heterocycles. The van der Waals surface area contributed by atoms with E-state index >= 15 is 0 Å². The molecule has 4 aromatic rings. The van der Waals surface area contributed by atoms with Crippen molar-refractivity contribution in [2.45, 2.75) is 44.3 Å². The molecule has 7 heteroatoms. The van der Waals surface area contributed by atoms with Gasteiger partial charge in [-0.15, -0.1) is 11.8 Å². The van der Waals surface area contributed by atoms with Crippen molar-refractivity contribution in [3.63, 3.8) is 0 Å². The summed E-state index contributed by atoms with van der Waals surface area (Å²) >= 11 is 2.95. The number of anilines is 2. The third kappa shape index (κ3) is 6.93. The van der Waals surface area contributed by atoms with Crippen LogP contribution in [0.15, 0.2) is 77.7 Å². The minimum absolute atomic E-state index is 0.00882. The topological polar surface area (TPSA) is 71.1 Å². The smallest absolute Gasteiger partial charge is 0.244 e. The predicted octanol–water partition coefficient (Wildman–Crippen LogP) is 7.45. The van der Waals surface area contributed by atoms with E-state index in [4.69, 9.17) is 0 Å². The lowest BCUT2D eigenvalue weighted by Gasteiger charge is -2.18. The highest BCUT2D eigenvalue weighted by atomic mass is 32.2. The Hall–Kier alpha value is -3.16. The van der Waals surface area contributed by atoms with Crippen LogP contribution in [0.3, 0.4) is 0 Å². The van der Waals surface area contributed by atoms with Crippen LogP contribution in [0.5, 0.6) is 0 Å². The second-order valence-corrected chi connectivity index (χ2v) is 11.9. The average molecular weight is 504 g/mol. The Bertz CT molecular complexity index is 1330. The lowest BCUT2D eigenvalue weighted by molar-refractivity contribution is -0.118. The monoisotopic (exact) mass is 503 g/mol. The van der Waals surface area contributed by atoms with E-state index in [1.165, 1.54) is 23.1 Å². The fourth-order valence-electron chi connectivity index (χ4n) is 3.60. The fourth-order valence-corrected chi connectivity index (χ4v) is 5.59. The molecule has 4 rings (SSSR count). The lowest BCUT2D eigenvalue weighted by Crippen LogP contribution is -2.19. The first-order valence-electron chi connectivity index (χ1n) is 11.5. The number of carbonyl (C=O) groups is 2. The quantitative estimate of drug-likeness (QED) is 0.257. The van der Waals surface area contributed by atoms with Crippen LogP contribution in [0.1, 0.15) is 43.6 Å². The Balaban J connectivity index is 1.50. The van der Waals surface area contributed by atoms with E-state index < -0.39 is 5.25 Å². The zero-order chi connectivity index (χ0) is 25.0. The Morgan fingerprint density at radius 1 is 0.971 bits per heavy atom. The summed E-state index contributed by atoms with van der Waals surface area (Å²) in [6.07, 6.45) is 0.449. The Labute approximate surface area is 214 Å². The second kappa shape index (κ2) is 10.6. The SMILES string of the molecule is Cc1ccc2nc(NC(=O)C(Sc3ccc(NC(=O)CC(C)(C)C)cc3)c3ccccc3)sc2c1. The van der Waals surface area contributed by atoms with Gasteiger partial charge in [-0.05, 0) is 59.9 Å². The van der Waals surface area contributed by atoms with Gasteiger partial charge in [0, 0.05) is 17.0 Å². The summed E-state index contributed by atoms with van der Waals surface area (Å²) in [5.74, 6) is -0.134. The number of nitrogens with zero attached hydrogens (tertiary/aromatic N) is 1. The van der Waals surface area contributed by atoms with E-state index in [-0.39, 0.29) is 17.2 Å². The van der Waals surface area contributed by atoms with Crippen molar-refractivity contribution >= 4 is 55.9 Å². The predicted molar refractivity (Wildman–Crippen MR) is 147 cm³/mol. The molecule has 0 saturated carbocycles. The van der Waals surface area contributed by atoms with Crippen molar-refractivity contribution < 1.29 is 9.59 Å². The van der Waals surface area contributed by atoms with Gasteiger partial charge in [-0.25, -0.2) is 4.98 Å². The lowest BCUT2D eigenvalue weighted by atomic mass is 9.92. The minimum Gasteiger partial charge on any atom is -0.326 e. The van der Waals surface area contributed by atoms with Gasteiger partial charge in [0.15, 0.2) is 5.13 Å². The third-order valence-corrected chi connectivity index (χ3v) is 7.40. The maximum absolute atomic E-state index is 13.4. The van der Waals surface area contributed by atoms with Crippen molar-refractivity contribution in [2.75, 3.05) is 10.6 Å². The van der Waals surface area contributed by atoms with Crippen LogP contribution < -0.4 is 10.6 Å². The van der Waals surface area contributed by atoms with Gasteiger partial charge in [0.05, 0.1) is 10.2 Å². The number of thioether (sulfide) groups is 1. The van der Waals surface area contributed by atoms with Crippen LogP contribution >= 0.6 is 23.1 Å². The molecule has 3 aromatic carbocycles. The van der Waals surface area contributed by atoms with Crippen molar-refractivity contribution in [1.82, 2.24) is 4.98 Å². The summed E-state index contributed by atoms with van der Waals surface area (Å²) < 4.78 is 1.05. The summed E-state index contributed by atoms with van der Waals surface area (Å²) in [5.41, 5.74) is 3.63. The number of rotatable bonds is 7. The first kappa shape index (κ1) is 24.9. The van der Waals surface area contributed by atoms with E-state index in [0.717, 1.165) is 31.9 Å². The molecular weight excluding hydrogens is 474 g/mol. The van der Waals surface area contributed by atoms with Crippen LogP contribution in [0.2, 0.25) is 0 Å². The standard InChI is InChI=1S/C28H29N3O2S2/c1-18-10-15-22-23(16-18)35-27(30-22)31-26(33)25(19-8-6-5-7-9-19)34-21-13-11-20(12-14-21)29-24(32)17-28(2,3)4/h5-16,25H,17H2,1-4H3,(H,29,32)(H,30,31,33). The maximum Gasteiger partial charge on any atom is 0.244 e. The van der Waals surface area contributed by atoms with Gasteiger partial charge in [-0.2, -0.15) is 0 Å². The number of amides is 2. The van der Waals surface area contributed by atoms with Gasteiger partial charge in [0.25, 0.3) is 0 Å². The third-order valence-electron chi connectivity index (χ3n) is 5.20. The molecule has 0 aliphatic heterocycles. The number of benzene rings is 3. The first-order valence-corrected chi connectivity index (χ1v) is 13.2. The van der Waals surface area contributed by atoms with Crippen LogP contribution in [0.4, 0.5) is 10.8 Å². The van der Waals surface area contributed by atoms with Gasteiger partial charge < -0.3 is 10.6 Å². The van der Waals surface area contributed by atoms with Crippen LogP contribution in [-0.4, -0.2) is 16.8 Å². The Morgan fingerprint density at radius 3 is 2.37 bits per heavy atom. The normalized spacial score (nSPS) is 12.3. The molecule has 0 fully saturated rings. The highest BCUT2D eigenvalue weighted by Gasteiger charge is 2.23. The summed E-state index contributed by atoms with van der Waals surface area (Å²) in [6.45, 7) is 8.16. The molecule has 2 N–H and O–H groups in total. The van der Waals surface area contributed by atoms with E-state index in [1.54, 1.807) is 0 Å². The summed E-state index contributed by atoms with van der Waals surface area (Å²) in [6, 6.07) is 23.4. The molecular formula is C28H29N3O2S2. The van der Waals surface area contributed by atoms with E-state index in [1.807, 2.05) is 94.4 Å². The van der Waals surface area contributed by atoms with Crippen LogP contribution in [0, 0.1) is 12.3 Å². The van der Waals surface area contributed by atoms with E-state index in [0.29, 0.717) is 11.6 Å². The number of fused-ring (bicyclic) bond motifs is 1. The summed E-state index contributed by atoms with van der Waals surface area (Å²) in [7, 11) is 0. The molecule has 0 radical (unpaired) electrons. The largest absolute Gasteiger partial charge is 0.326 e. The van der Waals surface area contributed by atoms with Crippen LogP contribution in [0.25, 0.3) is 10.2 Å². The molecule has 0 aliphatic rings. The average Bonchev–Trinajstić information content (AvgIpc) is 3.19. The number of aromatic nitrogens is 1. The van der Waals surface area contributed by atoms with Crippen molar-refractivity contribution in [3.8, 4) is 0 Å².